The van der Waals surface area contributed by atoms with Crippen LogP contribution in [0.4, 0.5) is 0 Å². The van der Waals surface area contributed by atoms with E-state index < -0.39 is 5.97 Å². The van der Waals surface area contributed by atoms with Crippen LogP contribution in [0, 0.1) is 0 Å². The molecule has 0 saturated carbocycles. The Kier molecular flexibility index (Phi) is 8.42. The number of methoxy groups -OCH3 is 2. The van der Waals surface area contributed by atoms with Crippen LogP contribution in [0.2, 0.25) is 0 Å². The SMILES string of the molecule is COc1cc(/C=C/C(=O)OCC(=O)NCCC2=CCCCC2)cc(OC)c1. The second-order valence-corrected chi connectivity index (χ2v) is 6.30. The largest absolute Gasteiger partial charge is 0.497 e. The minimum Gasteiger partial charge on any atom is -0.497 e. The predicted octanol–water partition coefficient (Wildman–Crippen LogP) is 3.27. The molecule has 0 radical (unpaired) electrons. The van der Waals surface area contributed by atoms with E-state index in [4.69, 9.17) is 14.2 Å². The van der Waals surface area contributed by atoms with Crippen molar-refractivity contribution in [2.45, 2.75) is 32.1 Å². The van der Waals surface area contributed by atoms with Crippen molar-refractivity contribution in [2.24, 2.45) is 0 Å². The van der Waals surface area contributed by atoms with Gasteiger partial charge in [-0.25, -0.2) is 4.79 Å². The van der Waals surface area contributed by atoms with Gasteiger partial charge in [0.1, 0.15) is 11.5 Å². The number of amides is 1. The number of carbonyl (C=O) groups is 2. The summed E-state index contributed by atoms with van der Waals surface area (Å²) in [6, 6.07) is 5.27. The molecular formula is C21H27NO5. The molecule has 0 aliphatic heterocycles. The fourth-order valence-electron chi connectivity index (χ4n) is 2.82. The molecule has 0 heterocycles. The third-order valence-electron chi connectivity index (χ3n) is 4.28. The highest BCUT2D eigenvalue weighted by atomic mass is 16.5. The molecule has 1 aliphatic rings. The summed E-state index contributed by atoms with van der Waals surface area (Å²) in [6.45, 7) is 0.283. The van der Waals surface area contributed by atoms with E-state index in [1.807, 2.05) is 0 Å². The molecule has 2 rings (SSSR count). The summed E-state index contributed by atoms with van der Waals surface area (Å²) < 4.78 is 15.3. The van der Waals surface area contributed by atoms with Gasteiger partial charge in [-0.05, 0) is 55.9 Å². The molecule has 1 aromatic rings. The van der Waals surface area contributed by atoms with Crippen molar-refractivity contribution in [1.29, 1.82) is 0 Å². The molecule has 27 heavy (non-hydrogen) atoms. The quantitative estimate of drug-likeness (QED) is 0.409. The Morgan fingerprint density at radius 1 is 1.11 bits per heavy atom. The summed E-state index contributed by atoms with van der Waals surface area (Å²) in [7, 11) is 3.11. The average Bonchev–Trinajstić information content (AvgIpc) is 2.71. The summed E-state index contributed by atoms with van der Waals surface area (Å²) in [5, 5.41) is 2.78. The van der Waals surface area contributed by atoms with E-state index in [2.05, 4.69) is 11.4 Å². The molecule has 0 unspecified atom stereocenters. The fourth-order valence-corrected chi connectivity index (χ4v) is 2.82. The number of allylic oxidation sites excluding steroid dienone is 1. The lowest BCUT2D eigenvalue weighted by atomic mass is 9.97. The van der Waals surface area contributed by atoms with E-state index in [1.54, 1.807) is 38.5 Å². The summed E-state index contributed by atoms with van der Waals surface area (Å²) in [5.74, 6) is 0.364. The third-order valence-corrected chi connectivity index (χ3v) is 4.28. The number of nitrogens with one attached hydrogen (secondary N) is 1. The van der Waals surface area contributed by atoms with Gasteiger partial charge in [0.25, 0.3) is 5.91 Å². The Labute approximate surface area is 160 Å². The highest BCUT2D eigenvalue weighted by Crippen LogP contribution is 2.23. The number of benzene rings is 1. The van der Waals surface area contributed by atoms with E-state index in [0.29, 0.717) is 18.0 Å². The van der Waals surface area contributed by atoms with Gasteiger partial charge < -0.3 is 19.5 Å². The maximum Gasteiger partial charge on any atom is 0.331 e. The van der Waals surface area contributed by atoms with E-state index in [-0.39, 0.29) is 12.5 Å². The van der Waals surface area contributed by atoms with Crippen LogP contribution in [0.3, 0.4) is 0 Å². The van der Waals surface area contributed by atoms with Gasteiger partial charge in [0.05, 0.1) is 14.2 Å². The third kappa shape index (κ3) is 7.56. The molecule has 0 aromatic heterocycles. The summed E-state index contributed by atoms with van der Waals surface area (Å²) >= 11 is 0. The van der Waals surface area contributed by atoms with Crippen LogP contribution in [-0.4, -0.2) is 39.2 Å². The van der Waals surface area contributed by atoms with Crippen LogP contribution < -0.4 is 14.8 Å². The monoisotopic (exact) mass is 373 g/mol. The van der Waals surface area contributed by atoms with Crippen LogP contribution in [0.25, 0.3) is 6.08 Å². The highest BCUT2D eigenvalue weighted by molar-refractivity contribution is 5.89. The van der Waals surface area contributed by atoms with Gasteiger partial charge in [0.2, 0.25) is 0 Å². The van der Waals surface area contributed by atoms with E-state index in [9.17, 15) is 9.59 Å². The van der Waals surface area contributed by atoms with E-state index in [1.165, 1.54) is 24.5 Å². The summed E-state index contributed by atoms with van der Waals surface area (Å²) in [6.07, 6.45) is 10.7. The molecule has 146 valence electrons. The van der Waals surface area contributed by atoms with Crippen molar-refractivity contribution in [1.82, 2.24) is 5.32 Å². The summed E-state index contributed by atoms with van der Waals surface area (Å²) in [5.41, 5.74) is 2.13. The predicted molar refractivity (Wildman–Crippen MR) is 104 cm³/mol. The number of hydrogen-bond acceptors (Lipinski definition) is 5. The Morgan fingerprint density at radius 2 is 1.85 bits per heavy atom. The first-order valence-corrected chi connectivity index (χ1v) is 9.13. The zero-order valence-electron chi connectivity index (χ0n) is 16.0. The number of carbonyl (C=O) groups excluding carboxylic acids is 2. The van der Waals surface area contributed by atoms with Crippen molar-refractivity contribution in [3.8, 4) is 11.5 Å². The van der Waals surface area contributed by atoms with Gasteiger partial charge in [0, 0.05) is 18.7 Å². The average molecular weight is 373 g/mol. The maximum atomic E-state index is 11.8. The lowest BCUT2D eigenvalue weighted by molar-refractivity contribution is -0.143. The van der Waals surface area contributed by atoms with Crippen LogP contribution in [-0.2, 0) is 14.3 Å². The second-order valence-electron chi connectivity index (χ2n) is 6.30. The molecule has 0 bridgehead atoms. The standard InChI is InChI=1S/C21H27NO5/c1-25-18-12-17(13-19(14-18)26-2)8-9-21(24)27-15-20(23)22-11-10-16-6-4-3-5-7-16/h6,8-9,12-14H,3-5,7,10-11,15H2,1-2H3,(H,22,23)/b9-8+. The minimum atomic E-state index is -0.582. The van der Waals surface area contributed by atoms with Gasteiger partial charge >= 0.3 is 5.97 Å². The van der Waals surface area contributed by atoms with Crippen LogP contribution in [0.15, 0.2) is 35.9 Å². The maximum absolute atomic E-state index is 11.8. The van der Waals surface area contributed by atoms with Crippen molar-refractivity contribution >= 4 is 18.0 Å². The molecule has 1 amide bonds. The normalized spacial score (nSPS) is 13.8. The Morgan fingerprint density at radius 3 is 2.48 bits per heavy atom. The first-order valence-electron chi connectivity index (χ1n) is 9.13. The van der Waals surface area contributed by atoms with Gasteiger partial charge in [-0.3, -0.25) is 4.79 Å². The first-order chi connectivity index (χ1) is 13.1. The van der Waals surface area contributed by atoms with Gasteiger partial charge in [-0.1, -0.05) is 11.6 Å². The van der Waals surface area contributed by atoms with Crippen molar-refractivity contribution < 1.29 is 23.8 Å². The molecule has 0 atom stereocenters. The van der Waals surface area contributed by atoms with Crippen LogP contribution >= 0.6 is 0 Å². The molecular weight excluding hydrogens is 346 g/mol. The zero-order valence-corrected chi connectivity index (χ0v) is 16.0. The molecule has 6 heteroatoms. The highest BCUT2D eigenvalue weighted by Gasteiger charge is 2.07. The van der Waals surface area contributed by atoms with E-state index in [0.717, 1.165) is 24.8 Å². The molecule has 0 spiro atoms. The van der Waals surface area contributed by atoms with Crippen LogP contribution in [0.1, 0.15) is 37.7 Å². The number of rotatable bonds is 9. The minimum absolute atomic E-state index is 0.288. The lowest BCUT2D eigenvalue weighted by Crippen LogP contribution is -2.29. The Hall–Kier alpha value is -2.76. The smallest absolute Gasteiger partial charge is 0.331 e. The fraction of sp³-hybridized carbons (Fsp3) is 0.429. The topological polar surface area (TPSA) is 73.9 Å². The zero-order chi connectivity index (χ0) is 19.5. The number of ether oxygens (including phenoxy) is 3. The van der Waals surface area contributed by atoms with Gasteiger partial charge in [-0.2, -0.15) is 0 Å². The van der Waals surface area contributed by atoms with E-state index >= 15 is 0 Å². The van der Waals surface area contributed by atoms with Crippen LogP contribution in [0.5, 0.6) is 11.5 Å². The molecule has 6 nitrogen and oxygen atoms in total. The lowest BCUT2D eigenvalue weighted by Gasteiger charge is -2.12. The molecule has 1 aliphatic carbocycles. The molecule has 0 saturated heterocycles. The molecule has 0 fully saturated rings. The van der Waals surface area contributed by atoms with Crippen molar-refractivity contribution in [2.75, 3.05) is 27.4 Å². The first kappa shape index (κ1) is 20.6. The second kappa shape index (κ2) is 11.1. The molecule has 1 aromatic carbocycles. The van der Waals surface area contributed by atoms with Gasteiger partial charge in [-0.15, -0.1) is 0 Å². The van der Waals surface area contributed by atoms with Gasteiger partial charge in [0.15, 0.2) is 6.61 Å². The van der Waals surface area contributed by atoms with Crippen molar-refractivity contribution in [3.63, 3.8) is 0 Å². The Bertz CT molecular complexity index is 686. The molecule has 1 N–H and O–H groups in total. The number of hydrogen-bond donors (Lipinski definition) is 1. The summed E-state index contributed by atoms with van der Waals surface area (Å²) in [4.78, 5) is 23.6. The Balaban J connectivity index is 1.72. The number of esters is 1. The van der Waals surface area contributed by atoms with Crippen molar-refractivity contribution in [3.05, 3.63) is 41.5 Å².